The second-order valence-electron chi connectivity index (χ2n) is 7.28. The van der Waals surface area contributed by atoms with Gasteiger partial charge in [-0.05, 0) is 32.3 Å². The van der Waals surface area contributed by atoms with Crippen LogP contribution in [0.15, 0.2) is 77.1 Å². The Labute approximate surface area is 173 Å². The van der Waals surface area contributed by atoms with Crippen LogP contribution >= 0.6 is 0 Å². The second kappa shape index (κ2) is 8.46. The zero-order chi connectivity index (χ0) is 21.1. The summed E-state index contributed by atoms with van der Waals surface area (Å²) in [6, 6.07) is 12.8. The highest BCUT2D eigenvalue weighted by atomic mass is 16.7. The highest BCUT2D eigenvalue weighted by Crippen LogP contribution is 2.36. The number of nitrogens with zero attached hydrogens (tertiary/aromatic N) is 3. The fourth-order valence-corrected chi connectivity index (χ4v) is 3.76. The van der Waals surface area contributed by atoms with E-state index in [0.29, 0.717) is 22.7 Å². The van der Waals surface area contributed by atoms with E-state index in [0.717, 1.165) is 24.8 Å². The predicted molar refractivity (Wildman–Crippen MR) is 112 cm³/mol. The highest BCUT2D eigenvalue weighted by molar-refractivity contribution is 6.05. The molecule has 2 unspecified atom stereocenters. The number of nitrogens with one attached hydrogen (secondary N) is 1. The van der Waals surface area contributed by atoms with Gasteiger partial charge in [-0.3, -0.25) is 15.1 Å². The molecule has 0 saturated carbocycles. The normalized spacial score (nSPS) is 23.4. The molecule has 2 aromatic rings. The van der Waals surface area contributed by atoms with Crippen LogP contribution in [0.1, 0.15) is 37.3 Å². The molecule has 0 bridgehead atoms. The topological polar surface area (TPSA) is 110 Å². The summed E-state index contributed by atoms with van der Waals surface area (Å²) < 4.78 is 6.18. The van der Waals surface area contributed by atoms with Crippen molar-refractivity contribution in [2.24, 2.45) is 4.99 Å². The quantitative estimate of drug-likeness (QED) is 0.454. The van der Waals surface area contributed by atoms with Crippen molar-refractivity contribution in [3.8, 4) is 0 Å². The van der Waals surface area contributed by atoms with Crippen LogP contribution in [-0.4, -0.2) is 33.1 Å². The fraction of sp³-hybridized carbons (Fsp3) is 0.273. The molecule has 154 valence electrons. The van der Waals surface area contributed by atoms with Gasteiger partial charge in [0, 0.05) is 29.1 Å². The van der Waals surface area contributed by atoms with Gasteiger partial charge < -0.3 is 15.2 Å². The van der Waals surface area contributed by atoms with Crippen molar-refractivity contribution in [3.05, 3.63) is 93.4 Å². The van der Waals surface area contributed by atoms with E-state index in [1.165, 1.54) is 0 Å². The Morgan fingerprint density at radius 2 is 1.97 bits per heavy atom. The third kappa shape index (κ3) is 3.95. The maximum atomic E-state index is 11.5. The monoisotopic (exact) mass is 406 g/mol. The standard InChI is InChI=1S/C22H22N4O4/c1-14-7-5-11-17(30-14)19-18(16-10-6-12-23-13-16)20(22(27)26(28)29)25-21(24-19)15-8-3-2-4-9-15/h2-4,6,8-10,12-14,17,27H,5,7,11H2,1H3,(H,24,25). The number of hydrogen-bond donors (Lipinski definition) is 2. The van der Waals surface area contributed by atoms with Gasteiger partial charge in [-0.25, -0.2) is 4.99 Å². The number of amidine groups is 1. The van der Waals surface area contributed by atoms with E-state index in [2.05, 4.69) is 15.3 Å². The molecule has 1 aromatic carbocycles. The van der Waals surface area contributed by atoms with Gasteiger partial charge in [0.2, 0.25) is 0 Å². The Balaban J connectivity index is 1.93. The fourth-order valence-electron chi connectivity index (χ4n) is 3.76. The van der Waals surface area contributed by atoms with Crippen molar-refractivity contribution in [1.82, 2.24) is 10.3 Å². The number of rotatable bonds is 4. The van der Waals surface area contributed by atoms with Crippen molar-refractivity contribution in [3.63, 3.8) is 0 Å². The van der Waals surface area contributed by atoms with Gasteiger partial charge in [0.1, 0.15) is 10.8 Å². The first-order valence-electron chi connectivity index (χ1n) is 9.83. The van der Waals surface area contributed by atoms with Gasteiger partial charge in [-0.15, -0.1) is 0 Å². The highest BCUT2D eigenvalue weighted by Gasteiger charge is 2.35. The van der Waals surface area contributed by atoms with Crippen molar-refractivity contribution >= 4 is 11.4 Å². The lowest BCUT2D eigenvalue weighted by Gasteiger charge is -2.33. The van der Waals surface area contributed by atoms with Gasteiger partial charge in [-0.2, -0.15) is 0 Å². The molecule has 2 aliphatic heterocycles. The summed E-state index contributed by atoms with van der Waals surface area (Å²) in [5.41, 5.74) is 2.32. The Bertz CT molecular complexity index is 1030. The van der Waals surface area contributed by atoms with E-state index < -0.39 is 10.8 Å². The van der Waals surface area contributed by atoms with Gasteiger partial charge in [-0.1, -0.05) is 36.4 Å². The largest absolute Gasteiger partial charge is 0.454 e. The summed E-state index contributed by atoms with van der Waals surface area (Å²) in [7, 11) is 0. The van der Waals surface area contributed by atoms with Crippen molar-refractivity contribution in [1.29, 1.82) is 0 Å². The molecule has 2 atom stereocenters. The lowest BCUT2D eigenvalue weighted by atomic mass is 9.93. The number of ether oxygens (including phenoxy) is 1. The van der Waals surface area contributed by atoms with Gasteiger partial charge in [0.05, 0.1) is 17.9 Å². The lowest BCUT2D eigenvalue weighted by Crippen LogP contribution is -2.39. The smallest absolute Gasteiger partial charge is 0.452 e. The average molecular weight is 406 g/mol. The molecule has 30 heavy (non-hydrogen) atoms. The minimum absolute atomic E-state index is 0.0591. The van der Waals surface area contributed by atoms with E-state index in [1.807, 2.05) is 37.3 Å². The molecule has 1 fully saturated rings. The Morgan fingerprint density at radius 3 is 2.63 bits per heavy atom. The molecule has 2 N–H and O–H groups in total. The third-order valence-electron chi connectivity index (χ3n) is 5.16. The first-order chi connectivity index (χ1) is 14.5. The van der Waals surface area contributed by atoms with E-state index >= 15 is 0 Å². The summed E-state index contributed by atoms with van der Waals surface area (Å²) in [4.78, 5) is 19.3. The number of aromatic nitrogens is 1. The molecule has 0 aliphatic carbocycles. The number of allylic oxidation sites excluding steroid dienone is 1. The number of aliphatic hydroxyl groups excluding tert-OH is 1. The SMILES string of the molecule is CC1CCCC(C2=C(c3cccnc3)C(=C(O)[N+](=O)[O-])N=C(c3ccccc3)N2)O1. The van der Waals surface area contributed by atoms with Crippen LogP contribution in [0, 0.1) is 10.1 Å². The molecule has 2 aliphatic rings. The van der Waals surface area contributed by atoms with E-state index in [9.17, 15) is 15.2 Å². The zero-order valence-electron chi connectivity index (χ0n) is 16.5. The molecule has 0 amide bonds. The van der Waals surface area contributed by atoms with Crippen LogP contribution in [0.25, 0.3) is 5.57 Å². The van der Waals surface area contributed by atoms with E-state index in [-0.39, 0.29) is 17.9 Å². The Hall–Kier alpha value is -3.52. The lowest BCUT2D eigenvalue weighted by molar-refractivity contribution is -0.459. The van der Waals surface area contributed by atoms with Crippen LogP contribution in [0.2, 0.25) is 0 Å². The predicted octanol–water partition coefficient (Wildman–Crippen LogP) is 3.80. The molecule has 1 saturated heterocycles. The number of aliphatic imine (C=N–C) groups is 1. The van der Waals surface area contributed by atoms with Crippen LogP contribution in [0.5, 0.6) is 0 Å². The first-order valence-corrected chi connectivity index (χ1v) is 9.83. The molecule has 4 rings (SSSR count). The summed E-state index contributed by atoms with van der Waals surface area (Å²) in [6.07, 6.45) is 5.64. The summed E-state index contributed by atoms with van der Waals surface area (Å²) in [5, 5.41) is 25.2. The molecule has 0 spiro atoms. The summed E-state index contributed by atoms with van der Waals surface area (Å²) in [6.45, 7) is 2.01. The maximum Gasteiger partial charge on any atom is 0.452 e. The summed E-state index contributed by atoms with van der Waals surface area (Å²) >= 11 is 0. The third-order valence-corrected chi connectivity index (χ3v) is 5.16. The number of benzene rings is 1. The molecular weight excluding hydrogens is 384 g/mol. The molecule has 3 heterocycles. The minimum Gasteiger partial charge on any atom is -0.454 e. The van der Waals surface area contributed by atoms with Crippen LogP contribution in [0.3, 0.4) is 0 Å². The zero-order valence-corrected chi connectivity index (χ0v) is 16.5. The molecular formula is C22H22N4O4. The van der Waals surface area contributed by atoms with Crippen LogP contribution < -0.4 is 5.32 Å². The van der Waals surface area contributed by atoms with Gasteiger partial charge >= 0.3 is 5.88 Å². The number of aliphatic hydroxyl groups is 1. The number of hydrogen-bond acceptors (Lipinski definition) is 7. The van der Waals surface area contributed by atoms with Crippen molar-refractivity contribution in [2.75, 3.05) is 0 Å². The molecule has 8 nitrogen and oxygen atoms in total. The van der Waals surface area contributed by atoms with E-state index in [1.54, 1.807) is 24.5 Å². The van der Waals surface area contributed by atoms with Gasteiger partial charge in [0.25, 0.3) is 0 Å². The maximum absolute atomic E-state index is 11.5. The van der Waals surface area contributed by atoms with Crippen molar-refractivity contribution in [2.45, 2.75) is 38.4 Å². The Kier molecular flexibility index (Phi) is 5.58. The average Bonchev–Trinajstić information content (AvgIpc) is 2.79. The number of nitro groups is 1. The minimum atomic E-state index is -1.01. The van der Waals surface area contributed by atoms with Crippen LogP contribution in [-0.2, 0) is 4.74 Å². The second-order valence-corrected chi connectivity index (χ2v) is 7.28. The van der Waals surface area contributed by atoms with E-state index in [4.69, 9.17) is 4.74 Å². The van der Waals surface area contributed by atoms with Crippen molar-refractivity contribution < 1.29 is 14.8 Å². The van der Waals surface area contributed by atoms with Gasteiger partial charge in [0.15, 0.2) is 5.70 Å². The Morgan fingerprint density at radius 1 is 1.20 bits per heavy atom. The first kappa shape index (κ1) is 19.8. The van der Waals surface area contributed by atoms with Crippen LogP contribution in [0.4, 0.5) is 0 Å². The molecule has 8 heteroatoms. The molecule has 1 aromatic heterocycles. The molecule has 0 radical (unpaired) electrons. The number of pyridine rings is 1. The summed E-state index contributed by atoms with van der Waals surface area (Å²) in [5.74, 6) is -0.589.